The van der Waals surface area contributed by atoms with Crippen molar-refractivity contribution >= 4 is 0 Å². The molecule has 0 amide bonds. The molecule has 0 bridgehead atoms. The van der Waals surface area contributed by atoms with Crippen LogP contribution < -0.4 is 0 Å². The third kappa shape index (κ3) is 1.89. The van der Waals surface area contributed by atoms with E-state index in [1.807, 2.05) is 0 Å². The molecule has 8 heavy (non-hydrogen) atoms. The number of rotatable bonds is 0. The van der Waals surface area contributed by atoms with Crippen molar-refractivity contribution in [2.24, 2.45) is 0 Å². The van der Waals surface area contributed by atoms with Gasteiger partial charge in [0.25, 0.3) is 0 Å². The molecular weight excluding hydrogens is 135 g/mol. The molecule has 0 atom stereocenters. The number of allylic oxidation sites excluding steroid dienone is 4. The van der Waals surface area contributed by atoms with E-state index in [1.54, 1.807) is 0 Å². The smallest absolute Gasteiger partial charge is 0 e. The molecule has 0 aliphatic heterocycles. The average molecular weight is 144 g/mol. The first-order chi connectivity index (χ1) is 3.29. The molecule has 0 unspecified atom stereocenters. The Balaban J connectivity index is 0.000000490. The van der Waals surface area contributed by atoms with Crippen molar-refractivity contribution in [1.82, 2.24) is 0 Å². The summed E-state index contributed by atoms with van der Waals surface area (Å²) in [5, 5.41) is 0. The molecule has 43 valence electrons. The van der Waals surface area contributed by atoms with E-state index in [1.165, 1.54) is 11.1 Å². The molecule has 0 fully saturated rings. The van der Waals surface area contributed by atoms with Crippen LogP contribution in [0.4, 0.5) is 0 Å². The Kier molecular flexibility index (Phi) is 3.19. The Labute approximate surface area is 62.6 Å². The maximum absolute atomic E-state index is 3.19. The first kappa shape index (κ1) is 8.06. The zero-order valence-electron chi connectivity index (χ0n) is 5.23. The molecule has 0 saturated carbocycles. The predicted molar refractivity (Wildman–Crippen MR) is 30.8 cm³/mol. The van der Waals surface area contributed by atoms with Crippen molar-refractivity contribution < 1.29 is 18.6 Å². The summed E-state index contributed by atoms with van der Waals surface area (Å²) in [7, 11) is 0. The van der Waals surface area contributed by atoms with Gasteiger partial charge in [-0.15, -0.1) is 0 Å². The van der Waals surface area contributed by atoms with Gasteiger partial charge >= 0.3 is 0 Å². The molecule has 1 radical (unpaired) electrons. The topological polar surface area (TPSA) is 0 Å². The van der Waals surface area contributed by atoms with E-state index in [-0.39, 0.29) is 18.6 Å². The van der Waals surface area contributed by atoms with Crippen LogP contribution in [0.1, 0.15) is 20.3 Å². The molecule has 0 aromatic heterocycles. The molecule has 0 nitrogen and oxygen atoms in total. The third-order valence-electron chi connectivity index (χ3n) is 1.12. The van der Waals surface area contributed by atoms with Crippen molar-refractivity contribution in [2.75, 3.05) is 0 Å². The van der Waals surface area contributed by atoms with Gasteiger partial charge in [0.2, 0.25) is 0 Å². The molecule has 1 aliphatic rings. The standard InChI is InChI=1S/C7H9.V/c1-6-3-4-7(2)5-6;/h3H,4H2,1-2H3;/q-1;. The summed E-state index contributed by atoms with van der Waals surface area (Å²) in [6.07, 6.45) is 6.50. The number of hydrogen-bond donors (Lipinski definition) is 0. The van der Waals surface area contributed by atoms with Gasteiger partial charge in [-0.05, 0) is 0 Å². The first-order valence-corrected chi connectivity index (χ1v) is 2.55. The molecule has 0 N–H and O–H groups in total. The predicted octanol–water partition coefficient (Wildman–Crippen LogP) is 2.08. The molecule has 0 heterocycles. The third-order valence-corrected chi connectivity index (χ3v) is 1.12. The molecule has 1 heteroatoms. The van der Waals surface area contributed by atoms with Crippen molar-refractivity contribution in [1.29, 1.82) is 0 Å². The summed E-state index contributed by atoms with van der Waals surface area (Å²) in [5.41, 5.74) is 2.65. The van der Waals surface area contributed by atoms with Crippen LogP contribution in [0, 0.1) is 6.08 Å². The Bertz CT molecular complexity index is 131. The number of hydrogen-bond acceptors (Lipinski definition) is 0. The maximum Gasteiger partial charge on any atom is 0 e. The largest absolute Gasteiger partial charge is 0.250 e. The van der Waals surface area contributed by atoms with Gasteiger partial charge in [-0.1, -0.05) is 20.3 Å². The van der Waals surface area contributed by atoms with Gasteiger partial charge < -0.3 is 0 Å². The molecule has 1 rings (SSSR count). The van der Waals surface area contributed by atoms with E-state index in [2.05, 4.69) is 26.0 Å². The van der Waals surface area contributed by atoms with Crippen LogP contribution >= 0.6 is 0 Å². The van der Waals surface area contributed by atoms with Crippen molar-refractivity contribution in [2.45, 2.75) is 20.3 Å². The van der Waals surface area contributed by atoms with Gasteiger partial charge in [0.1, 0.15) is 0 Å². The normalized spacial score (nSPS) is 16.8. The molecule has 0 saturated heterocycles. The van der Waals surface area contributed by atoms with Gasteiger partial charge in [-0.2, -0.15) is 5.57 Å². The van der Waals surface area contributed by atoms with Crippen LogP contribution in [0.2, 0.25) is 0 Å². The summed E-state index contributed by atoms with van der Waals surface area (Å²) in [5.74, 6) is 0. The van der Waals surface area contributed by atoms with Crippen LogP contribution in [0.15, 0.2) is 17.2 Å². The van der Waals surface area contributed by atoms with Crippen LogP contribution in [-0.4, -0.2) is 0 Å². The van der Waals surface area contributed by atoms with E-state index in [0.29, 0.717) is 0 Å². The van der Waals surface area contributed by atoms with Gasteiger partial charge in [0.05, 0.1) is 0 Å². The van der Waals surface area contributed by atoms with Gasteiger partial charge in [0.15, 0.2) is 0 Å². The summed E-state index contributed by atoms with van der Waals surface area (Å²) in [4.78, 5) is 0. The summed E-state index contributed by atoms with van der Waals surface area (Å²) >= 11 is 0. The SMILES string of the molecule is CC1=[C-]C(C)=CC1.[V]. The second-order valence-electron chi connectivity index (χ2n) is 2.00. The van der Waals surface area contributed by atoms with Gasteiger partial charge in [-0.3, -0.25) is 6.08 Å². The minimum atomic E-state index is 0. The zero-order valence-corrected chi connectivity index (χ0v) is 6.63. The summed E-state index contributed by atoms with van der Waals surface area (Å²) in [6, 6.07) is 0. The molecular formula is C7H9V-. The van der Waals surface area contributed by atoms with Gasteiger partial charge in [0, 0.05) is 18.6 Å². The van der Waals surface area contributed by atoms with E-state index < -0.39 is 0 Å². The first-order valence-electron chi connectivity index (χ1n) is 2.55. The molecule has 0 spiro atoms. The fraction of sp³-hybridized carbons (Fsp3) is 0.429. The van der Waals surface area contributed by atoms with Crippen molar-refractivity contribution in [3.05, 3.63) is 23.3 Å². The second kappa shape index (κ2) is 3.16. The van der Waals surface area contributed by atoms with Gasteiger partial charge in [-0.25, -0.2) is 11.6 Å². The van der Waals surface area contributed by atoms with Crippen molar-refractivity contribution in [3.8, 4) is 0 Å². The second-order valence-corrected chi connectivity index (χ2v) is 2.00. The minimum Gasteiger partial charge on any atom is -0.250 e. The fourth-order valence-electron chi connectivity index (χ4n) is 0.745. The van der Waals surface area contributed by atoms with Crippen LogP contribution in [-0.2, 0) is 18.6 Å². The Hall–Kier alpha value is 0.0644. The summed E-state index contributed by atoms with van der Waals surface area (Å²) < 4.78 is 0. The van der Waals surface area contributed by atoms with Crippen LogP contribution in [0.5, 0.6) is 0 Å². The van der Waals surface area contributed by atoms with E-state index in [9.17, 15) is 0 Å². The van der Waals surface area contributed by atoms with E-state index in [4.69, 9.17) is 0 Å². The molecule has 0 aromatic carbocycles. The molecule has 0 aromatic rings. The monoisotopic (exact) mass is 144 g/mol. The van der Waals surface area contributed by atoms with E-state index >= 15 is 0 Å². The molecule has 1 aliphatic carbocycles. The maximum atomic E-state index is 3.19. The quantitative estimate of drug-likeness (QED) is 0.456. The minimum absolute atomic E-state index is 0. The zero-order chi connectivity index (χ0) is 5.28. The summed E-state index contributed by atoms with van der Waals surface area (Å²) in [6.45, 7) is 4.18. The van der Waals surface area contributed by atoms with E-state index in [0.717, 1.165) is 6.42 Å². The van der Waals surface area contributed by atoms with Crippen LogP contribution in [0.3, 0.4) is 0 Å². The Morgan fingerprint density at radius 3 is 2.25 bits per heavy atom. The fourth-order valence-corrected chi connectivity index (χ4v) is 0.745. The van der Waals surface area contributed by atoms with Crippen molar-refractivity contribution in [3.63, 3.8) is 0 Å². The Morgan fingerprint density at radius 1 is 1.50 bits per heavy atom. The Morgan fingerprint density at radius 2 is 2.12 bits per heavy atom. The average Bonchev–Trinajstić information content (AvgIpc) is 1.87. The van der Waals surface area contributed by atoms with Crippen LogP contribution in [0.25, 0.3) is 0 Å².